The van der Waals surface area contributed by atoms with Gasteiger partial charge in [-0.05, 0) is 45.8 Å². The molecule has 2 atom stereocenters. The smallest absolute Gasteiger partial charge is 0.191 e. The molecule has 0 aromatic rings. The predicted octanol–water partition coefficient (Wildman–Crippen LogP) is 1.61. The Morgan fingerprint density at radius 2 is 1.95 bits per heavy atom. The van der Waals surface area contributed by atoms with Gasteiger partial charge in [-0.25, -0.2) is 0 Å². The fourth-order valence-corrected chi connectivity index (χ4v) is 3.03. The molecule has 1 aliphatic rings. The molecule has 0 spiro atoms. The molecule has 22 heavy (non-hydrogen) atoms. The lowest BCUT2D eigenvalue weighted by Crippen LogP contribution is -2.47. The van der Waals surface area contributed by atoms with Gasteiger partial charge in [0.1, 0.15) is 0 Å². The first-order valence-corrected chi connectivity index (χ1v) is 8.95. The average Bonchev–Trinajstić information content (AvgIpc) is 2.87. The Morgan fingerprint density at radius 3 is 2.45 bits per heavy atom. The summed E-state index contributed by atoms with van der Waals surface area (Å²) >= 11 is 0. The molecule has 130 valence electrons. The maximum Gasteiger partial charge on any atom is 0.191 e. The van der Waals surface area contributed by atoms with Crippen molar-refractivity contribution in [3.05, 3.63) is 0 Å². The summed E-state index contributed by atoms with van der Waals surface area (Å²) in [5.74, 6) is 1.61. The molecule has 5 nitrogen and oxygen atoms in total. The van der Waals surface area contributed by atoms with E-state index in [0.29, 0.717) is 18.0 Å². The number of nitrogens with one attached hydrogen (secondary N) is 2. The van der Waals surface area contributed by atoms with Crippen LogP contribution in [0.2, 0.25) is 0 Å². The zero-order valence-electron chi connectivity index (χ0n) is 15.5. The predicted molar refractivity (Wildman–Crippen MR) is 96.6 cm³/mol. The Balaban J connectivity index is 2.31. The van der Waals surface area contributed by atoms with Gasteiger partial charge in [-0.15, -0.1) is 0 Å². The van der Waals surface area contributed by atoms with Crippen LogP contribution in [0, 0.1) is 5.92 Å². The standard InChI is InChI=1S/C17H37N5/c1-7-21(8-2)11-9-10-19-17(18-6)20-16-13-22(14(3)4)12-15(16)5/h14-16H,7-13H2,1-6H3,(H2,18,19,20). The molecule has 0 saturated carbocycles. The van der Waals surface area contributed by atoms with Crippen molar-refractivity contribution >= 4 is 5.96 Å². The third-order valence-electron chi connectivity index (χ3n) is 4.75. The second-order valence-corrected chi connectivity index (χ2v) is 6.66. The van der Waals surface area contributed by atoms with Crippen LogP contribution in [-0.2, 0) is 0 Å². The number of nitrogens with zero attached hydrogens (tertiary/aromatic N) is 3. The van der Waals surface area contributed by atoms with Gasteiger partial charge in [0.05, 0.1) is 0 Å². The summed E-state index contributed by atoms with van der Waals surface area (Å²) in [4.78, 5) is 9.37. The summed E-state index contributed by atoms with van der Waals surface area (Å²) in [5, 5.41) is 7.06. The minimum absolute atomic E-state index is 0.497. The highest BCUT2D eigenvalue weighted by atomic mass is 15.3. The van der Waals surface area contributed by atoms with E-state index < -0.39 is 0 Å². The van der Waals surface area contributed by atoms with Crippen molar-refractivity contribution < 1.29 is 0 Å². The van der Waals surface area contributed by atoms with Crippen molar-refractivity contribution in [2.24, 2.45) is 10.9 Å². The van der Waals surface area contributed by atoms with Gasteiger partial charge in [-0.1, -0.05) is 20.8 Å². The molecule has 2 unspecified atom stereocenters. The third kappa shape index (κ3) is 6.13. The molecular weight excluding hydrogens is 274 g/mol. The molecular formula is C17H37N5. The van der Waals surface area contributed by atoms with E-state index in [1.165, 1.54) is 6.54 Å². The number of hydrogen-bond donors (Lipinski definition) is 2. The van der Waals surface area contributed by atoms with Crippen LogP contribution in [0.1, 0.15) is 41.0 Å². The van der Waals surface area contributed by atoms with E-state index in [2.05, 4.69) is 60.0 Å². The van der Waals surface area contributed by atoms with Gasteiger partial charge in [0.2, 0.25) is 0 Å². The van der Waals surface area contributed by atoms with Gasteiger partial charge in [0.25, 0.3) is 0 Å². The van der Waals surface area contributed by atoms with Gasteiger partial charge in [0.15, 0.2) is 5.96 Å². The number of likely N-dealkylation sites (tertiary alicyclic amines) is 1. The van der Waals surface area contributed by atoms with Crippen molar-refractivity contribution in [3.63, 3.8) is 0 Å². The molecule has 5 heteroatoms. The minimum atomic E-state index is 0.497. The summed E-state index contributed by atoms with van der Waals surface area (Å²) < 4.78 is 0. The van der Waals surface area contributed by atoms with Gasteiger partial charge in [-0.2, -0.15) is 0 Å². The topological polar surface area (TPSA) is 42.9 Å². The summed E-state index contributed by atoms with van der Waals surface area (Å²) in [5.41, 5.74) is 0. The van der Waals surface area contributed by atoms with E-state index in [-0.39, 0.29) is 0 Å². The fourth-order valence-electron chi connectivity index (χ4n) is 3.03. The van der Waals surface area contributed by atoms with E-state index in [9.17, 15) is 0 Å². The number of rotatable bonds is 8. The van der Waals surface area contributed by atoms with Crippen LogP contribution in [0.3, 0.4) is 0 Å². The average molecular weight is 312 g/mol. The van der Waals surface area contributed by atoms with E-state index in [4.69, 9.17) is 0 Å². The van der Waals surface area contributed by atoms with Gasteiger partial charge >= 0.3 is 0 Å². The van der Waals surface area contributed by atoms with Gasteiger partial charge in [-0.3, -0.25) is 9.89 Å². The van der Waals surface area contributed by atoms with Crippen molar-refractivity contribution in [2.45, 2.75) is 53.1 Å². The Bertz CT molecular complexity index is 325. The van der Waals surface area contributed by atoms with Crippen LogP contribution in [0.4, 0.5) is 0 Å². The largest absolute Gasteiger partial charge is 0.356 e. The van der Waals surface area contributed by atoms with Gasteiger partial charge < -0.3 is 15.5 Å². The van der Waals surface area contributed by atoms with Crippen LogP contribution in [-0.4, -0.2) is 74.2 Å². The lowest BCUT2D eigenvalue weighted by molar-refractivity contribution is 0.265. The fraction of sp³-hybridized carbons (Fsp3) is 0.941. The van der Waals surface area contributed by atoms with Crippen LogP contribution in [0.15, 0.2) is 4.99 Å². The third-order valence-corrected chi connectivity index (χ3v) is 4.75. The maximum atomic E-state index is 4.38. The van der Waals surface area contributed by atoms with Crippen LogP contribution in [0.25, 0.3) is 0 Å². The van der Waals surface area contributed by atoms with Crippen LogP contribution in [0.5, 0.6) is 0 Å². The Labute approximate surface area is 137 Å². The SMILES string of the molecule is CCN(CC)CCCNC(=NC)NC1CN(C(C)C)CC1C. The number of aliphatic imine (C=N–C) groups is 1. The number of guanidine groups is 1. The van der Waals surface area contributed by atoms with Crippen molar-refractivity contribution in [1.29, 1.82) is 0 Å². The lowest BCUT2D eigenvalue weighted by atomic mass is 10.1. The molecule has 0 bridgehead atoms. The quantitative estimate of drug-likeness (QED) is 0.406. The Kier molecular flexibility index (Phi) is 8.79. The Morgan fingerprint density at radius 1 is 1.27 bits per heavy atom. The Hall–Kier alpha value is -0.810. The van der Waals surface area contributed by atoms with Crippen molar-refractivity contribution in [2.75, 3.05) is 46.3 Å². The molecule has 0 aliphatic carbocycles. The highest BCUT2D eigenvalue weighted by Gasteiger charge is 2.31. The first-order chi connectivity index (χ1) is 10.5. The van der Waals surface area contributed by atoms with Gasteiger partial charge in [0, 0.05) is 38.8 Å². The van der Waals surface area contributed by atoms with E-state index >= 15 is 0 Å². The lowest BCUT2D eigenvalue weighted by Gasteiger charge is -2.22. The molecule has 1 heterocycles. The van der Waals surface area contributed by atoms with Crippen molar-refractivity contribution in [1.82, 2.24) is 20.4 Å². The first kappa shape index (κ1) is 19.2. The zero-order chi connectivity index (χ0) is 16.5. The highest BCUT2D eigenvalue weighted by Crippen LogP contribution is 2.18. The summed E-state index contributed by atoms with van der Waals surface area (Å²) in [6.07, 6.45) is 1.15. The summed E-state index contributed by atoms with van der Waals surface area (Å²) in [6, 6.07) is 1.12. The second kappa shape index (κ2) is 10.1. The molecule has 2 N–H and O–H groups in total. The molecule has 1 rings (SSSR count). The van der Waals surface area contributed by atoms with Crippen molar-refractivity contribution in [3.8, 4) is 0 Å². The van der Waals surface area contributed by atoms with Crippen LogP contribution >= 0.6 is 0 Å². The molecule has 1 saturated heterocycles. The second-order valence-electron chi connectivity index (χ2n) is 6.66. The molecule has 0 amide bonds. The normalized spacial score (nSPS) is 23.5. The maximum absolute atomic E-state index is 4.38. The molecule has 0 aromatic heterocycles. The molecule has 0 aromatic carbocycles. The van der Waals surface area contributed by atoms with Crippen LogP contribution < -0.4 is 10.6 Å². The zero-order valence-corrected chi connectivity index (χ0v) is 15.5. The number of hydrogen-bond acceptors (Lipinski definition) is 3. The molecule has 0 radical (unpaired) electrons. The minimum Gasteiger partial charge on any atom is -0.356 e. The summed E-state index contributed by atoms with van der Waals surface area (Å²) in [6.45, 7) is 18.0. The monoisotopic (exact) mass is 311 g/mol. The van der Waals surface area contributed by atoms with E-state index in [0.717, 1.165) is 45.1 Å². The highest BCUT2D eigenvalue weighted by molar-refractivity contribution is 5.80. The molecule has 1 aliphatic heterocycles. The van der Waals surface area contributed by atoms with E-state index in [1.807, 2.05) is 7.05 Å². The summed E-state index contributed by atoms with van der Waals surface area (Å²) in [7, 11) is 1.86. The molecule has 1 fully saturated rings. The van der Waals surface area contributed by atoms with E-state index in [1.54, 1.807) is 0 Å². The first-order valence-electron chi connectivity index (χ1n) is 8.95.